The second-order valence-electron chi connectivity index (χ2n) is 2.75. The minimum Gasteiger partial charge on any atom is -0.309 e. The molecule has 0 fully saturated rings. The van der Waals surface area contributed by atoms with Gasteiger partial charge in [0.2, 0.25) is 5.91 Å². The molecule has 1 amide bonds. The number of hydrazine groups is 1. The number of nitrogens with two attached hydrogens (primary N) is 1. The van der Waals surface area contributed by atoms with Crippen molar-refractivity contribution in [2.45, 2.75) is 18.5 Å². The monoisotopic (exact) mass is 215 g/mol. The van der Waals surface area contributed by atoms with Gasteiger partial charge in [-0.05, 0) is 6.92 Å². The van der Waals surface area contributed by atoms with E-state index in [1.165, 1.54) is 11.8 Å². The van der Waals surface area contributed by atoms with Crippen molar-refractivity contribution in [2.24, 2.45) is 12.9 Å². The van der Waals surface area contributed by atoms with Gasteiger partial charge in [-0.3, -0.25) is 10.2 Å². The largest absolute Gasteiger partial charge is 0.309 e. The van der Waals surface area contributed by atoms with Crippen molar-refractivity contribution in [2.75, 3.05) is 5.75 Å². The Labute approximate surface area is 86.2 Å². The van der Waals surface area contributed by atoms with Crippen molar-refractivity contribution >= 4 is 17.7 Å². The van der Waals surface area contributed by atoms with Crippen molar-refractivity contribution in [3.05, 3.63) is 5.82 Å². The molecule has 0 bridgehead atoms. The van der Waals surface area contributed by atoms with Gasteiger partial charge in [-0.1, -0.05) is 11.8 Å². The summed E-state index contributed by atoms with van der Waals surface area (Å²) in [4.78, 5) is 10.8. The molecule has 0 saturated heterocycles. The molecule has 1 aromatic heterocycles. The first kappa shape index (κ1) is 11.0. The van der Waals surface area contributed by atoms with Gasteiger partial charge in [0.05, 0.1) is 0 Å². The van der Waals surface area contributed by atoms with E-state index in [-0.39, 0.29) is 5.91 Å². The zero-order valence-electron chi connectivity index (χ0n) is 8.15. The third-order valence-electron chi connectivity index (χ3n) is 1.77. The van der Waals surface area contributed by atoms with E-state index in [4.69, 9.17) is 5.84 Å². The second-order valence-corrected chi connectivity index (χ2v) is 3.82. The molecule has 14 heavy (non-hydrogen) atoms. The highest BCUT2D eigenvalue weighted by Crippen LogP contribution is 2.15. The zero-order chi connectivity index (χ0) is 10.6. The quantitative estimate of drug-likeness (QED) is 0.309. The fraction of sp³-hybridized carbons (Fsp3) is 0.571. The van der Waals surface area contributed by atoms with Crippen LogP contribution in [-0.4, -0.2) is 26.4 Å². The molecule has 78 valence electrons. The van der Waals surface area contributed by atoms with Gasteiger partial charge in [0.25, 0.3) is 0 Å². The van der Waals surface area contributed by atoms with Gasteiger partial charge in [0.15, 0.2) is 5.16 Å². The van der Waals surface area contributed by atoms with Crippen LogP contribution in [0.15, 0.2) is 5.16 Å². The maximum Gasteiger partial charge on any atom is 0.234 e. The lowest BCUT2D eigenvalue weighted by Crippen LogP contribution is -2.30. The van der Waals surface area contributed by atoms with Crippen LogP contribution in [0, 0.1) is 6.92 Å². The number of hydrogen-bond acceptors (Lipinski definition) is 5. The van der Waals surface area contributed by atoms with E-state index in [9.17, 15) is 4.79 Å². The first-order valence-electron chi connectivity index (χ1n) is 4.13. The molecule has 0 spiro atoms. The Kier molecular flexibility index (Phi) is 3.90. The Morgan fingerprint density at radius 1 is 1.64 bits per heavy atom. The van der Waals surface area contributed by atoms with Gasteiger partial charge in [-0.25, -0.2) is 5.84 Å². The summed E-state index contributed by atoms with van der Waals surface area (Å²) in [6, 6.07) is 0. The van der Waals surface area contributed by atoms with Gasteiger partial charge in [0, 0.05) is 19.2 Å². The van der Waals surface area contributed by atoms with Crippen LogP contribution in [0.5, 0.6) is 0 Å². The summed E-state index contributed by atoms with van der Waals surface area (Å²) in [6.07, 6.45) is 0.382. The molecule has 0 unspecified atom stereocenters. The Hall–Kier alpha value is -1.08. The lowest BCUT2D eigenvalue weighted by Gasteiger charge is -2.00. The number of thioether (sulfide) groups is 1. The average molecular weight is 215 g/mol. The van der Waals surface area contributed by atoms with Crippen LogP contribution >= 0.6 is 11.8 Å². The maximum absolute atomic E-state index is 10.8. The number of amides is 1. The molecule has 0 aliphatic heterocycles. The number of nitrogens with one attached hydrogen (secondary N) is 1. The fourth-order valence-electron chi connectivity index (χ4n) is 0.821. The average Bonchev–Trinajstić information content (AvgIpc) is 2.49. The highest BCUT2D eigenvalue weighted by Gasteiger charge is 2.06. The number of carbonyl (C=O) groups excluding carboxylic acids is 1. The van der Waals surface area contributed by atoms with Crippen LogP contribution in [0.3, 0.4) is 0 Å². The first-order chi connectivity index (χ1) is 6.65. The number of aromatic nitrogens is 3. The number of rotatable bonds is 4. The molecule has 0 atom stereocenters. The Bertz CT molecular complexity index is 324. The van der Waals surface area contributed by atoms with Crippen molar-refractivity contribution in [1.29, 1.82) is 0 Å². The summed E-state index contributed by atoms with van der Waals surface area (Å²) in [5, 5.41) is 8.66. The van der Waals surface area contributed by atoms with Crippen LogP contribution in [0.4, 0.5) is 0 Å². The van der Waals surface area contributed by atoms with E-state index in [2.05, 4.69) is 15.6 Å². The Morgan fingerprint density at radius 3 is 2.86 bits per heavy atom. The van der Waals surface area contributed by atoms with E-state index >= 15 is 0 Å². The molecule has 0 radical (unpaired) electrons. The smallest absolute Gasteiger partial charge is 0.234 e. The lowest BCUT2D eigenvalue weighted by atomic mass is 10.5. The van der Waals surface area contributed by atoms with Gasteiger partial charge >= 0.3 is 0 Å². The van der Waals surface area contributed by atoms with Crippen LogP contribution in [0.1, 0.15) is 12.2 Å². The normalized spacial score (nSPS) is 10.2. The lowest BCUT2D eigenvalue weighted by molar-refractivity contribution is -0.120. The molecular weight excluding hydrogens is 202 g/mol. The van der Waals surface area contributed by atoms with Crippen molar-refractivity contribution in [1.82, 2.24) is 20.2 Å². The van der Waals surface area contributed by atoms with Crippen LogP contribution in [0.2, 0.25) is 0 Å². The van der Waals surface area contributed by atoms with Gasteiger partial charge in [-0.2, -0.15) is 0 Å². The van der Waals surface area contributed by atoms with E-state index in [0.717, 1.165) is 11.0 Å². The molecule has 1 rings (SSSR count). The Morgan fingerprint density at radius 2 is 2.36 bits per heavy atom. The predicted octanol–water partition coefficient (Wildman–Crippen LogP) is -0.404. The summed E-state index contributed by atoms with van der Waals surface area (Å²) < 4.78 is 1.88. The number of aryl methyl sites for hydroxylation is 1. The topological polar surface area (TPSA) is 85.8 Å². The summed E-state index contributed by atoms with van der Waals surface area (Å²) in [7, 11) is 1.89. The maximum atomic E-state index is 10.8. The molecule has 3 N–H and O–H groups in total. The fourth-order valence-corrected chi connectivity index (χ4v) is 1.71. The van der Waals surface area contributed by atoms with Crippen LogP contribution in [0.25, 0.3) is 0 Å². The summed E-state index contributed by atoms with van der Waals surface area (Å²) in [5.41, 5.74) is 2.08. The third-order valence-corrected chi connectivity index (χ3v) is 2.80. The molecule has 0 aliphatic carbocycles. The molecule has 0 saturated carbocycles. The van der Waals surface area contributed by atoms with E-state index < -0.39 is 0 Å². The van der Waals surface area contributed by atoms with Crippen molar-refractivity contribution in [3.8, 4) is 0 Å². The molecular formula is C7H13N5OS. The van der Waals surface area contributed by atoms with Crippen LogP contribution < -0.4 is 11.3 Å². The molecule has 7 heteroatoms. The number of hydrogen-bond donors (Lipinski definition) is 2. The number of nitrogens with zero attached hydrogens (tertiary/aromatic N) is 3. The molecule has 1 heterocycles. The molecule has 6 nitrogen and oxygen atoms in total. The van der Waals surface area contributed by atoms with Gasteiger partial charge in [0.1, 0.15) is 5.82 Å². The van der Waals surface area contributed by atoms with E-state index in [0.29, 0.717) is 12.2 Å². The minimum absolute atomic E-state index is 0.170. The van der Waals surface area contributed by atoms with Crippen molar-refractivity contribution in [3.63, 3.8) is 0 Å². The summed E-state index contributed by atoms with van der Waals surface area (Å²) in [6.45, 7) is 1.88. The van der Waals surface area contributed by atoms with Gasteiger partial charge < -0.3 is 4.57 Å². The summed E-state index contributed by atoms with van der Waals surface area (Å²) in [5.74, 6) is 6.28. The Balaban J connectivity index is 2.39. The van der Waals surface area contributed by atoms with Crippen LogP contribution in [-0.2, 0) is 11.8 Å². The summed E-state index contributed by atoms with van der Waals surface area (Å²) >= 11 is 1.48. The second kappa shape index (κ2) is 4.97. The SMILES string of the molecule is Cc1nnc(SCCC(=O)NN)n1C. The molecule has 0 aromatic carbocycles. The van der Waals surface area contributed by atoms with E-state index in [1.54, 1.807) is 0 Å². The first-order valence-corrected chi connectivity index (χ1v) is 5.12. The highest BCUT2D eigenvalue weighted by molar-refractivity contribution is 7.99. The molecule has 0 aliphatic rings. The van der Waals surface area contributed by atoms with Gasteiger partial charge in [-0.15, -0.1) is 10.2 Å². The highest BCUT2D eigenvalue weighted by atomic mass is 32.2. The number of carbonyl (C=O) groups is 1. The zero-order valence-corrected chi connectivity index (χ0v) is 8.97. The molecule has 1 aromatic rings. The minimum atomic E-state index is -0.170. The third kappa shape index (κ3) is 2.71. The predicted molar refractivity (Wildman–Crippen MR) is 53.4 cm³/mol. The standard InChI is InChI=1S/C7H13N5OS/c1-5-10-11-7(12(5)2)14-4-3-6(13)9-8/h3-4,8H2,1-2H3,(H,9,13). The van der Waals surface area contributed by atoms with Crippen molar-refractivity contribution < 1.29 is 4.79 Å². The van der Waals surface area contributed by atoms with E-state index in [1.807, 2.05) is 18.5 Å².